The number of carbonyl (C=O) groups excluding carboxylic acids is 1. The third kappa shape index (κ3) is 3.93. The fraction of sp³-hybridized carbons (Fsp3) is 0.500. The van der Waals surface area contributed by atoms with Gasteiger partial charge in [0.25, 0.3) is 0 Å². The largest absolute Gasteiger partial charge is 0.373 e. The quantitative estimate of drug-likeness (QED) is 0.772. The molecule has 1 aliphatic rings. The number of hydrogen-bond donors (Lipinski definition) is 0. The molecule has 0 radical (unpaired) electrons. The maximum absolute atomic E-state index is 11.8. The first-order chi connectivity index (χ1) is 8.25. The van der Waals surface area contributed by atoms with Crippen LogP contribution in [0.25, 0.3) is 0 Å². The van der Waals surface area contributed by atoms with Crippen molar-refractivity contribution in [2.24, 2.45) is 5.92 Å². The molecule has 1 aromatic carbocycles. The standard InChI is InChI=1S/C14H17BrO2/c15-13-7-3-6-12(8-13)14(16)10-17-9-11-4-1-2-5-11/h3,6-8,11H,1-2,4-5,9-10H2. The first-order valence-electron chi connectivity index (χ1n) is 6.12. The summed E-state index contributed by atoms with van der Waals surface area (Å²) >= 11 is 3.36. The molecule has 2 nitrogen and oxygen atoms in total. The Morgan fingerprint density at radius 3 is 2.82 bits per heavy atom. The molecule has 17 heavy (non-hydrogen) atoms. The highest BCUT2D eigenvalue weighted by atomic mass is 79.9. The second-order valence-electron chi connectivity index (χ2n) is 4.60. The van der Waals surface area contributed by atoms with Crippen molar-refractivity contribution in [2.45, 2.75) is 25.7 Å². The first-order valence-corrected chi connectivity index (χ1v) is 6.91. The molecule has 0 aromatic heterocycles. The SMILES string of the molecule is O=C(COCC1CCCC1)c1cccc(Br)c1. The van der Waals surface area contributed by atoms with Crippen LogP contribution in [-0.4, -0.2) is 19.0 Å². The Bertz CT molecular complexity index is 384. The molecule has 2 rings (SSSR count). The number of benzene rings is 1. The van der Waals surface area contributed by atoms with Crippen molar-refractivity contribution < 1.29 is 9.53 Å². The second kappa shape index (κ2) is 6.31. The van der Waals surface area contributed by atoms with E-state index in [9.17, 15) is 4.79 Å². The Labute approximate surface area is 110 Å². The van der Waals surface area contributed by atoms with Crippen LogP contribution in [-0.2, 0) is 4.74 Å². The monoisotopic (exact) mass is 296 g/mol. The fourth-order valence-electron chi connectivity index (χ4n) is 2.24. The molecule has 1 saturated carbocycles. The van der Waals surface area contributed by atoms with Crippen molar-refractivity contribution in [1.82, 2.24) is 0 Å². The molecule has 1 fully saturated rings. The summed E-state index contributed by atoms with van der Waals surface area (Å²) in [5.41, 5.74) is 0.714. The Morgan fingerprint density at radius 1 is 1.35 bits per heavy atom. The second-order valence-corrected chi connectivity index (χ2v) is 5.51. The lowest BCUT2D eigenvalue weighted by Gasteiger charge is -2.09. The zero-order chi connectivity index (χ0) is 12.1. The molecule has 0 amide bonds. The summed E-state index contributed by atoms with van der Waals surface area (Å²) in [6.07, 6.45) is 5.14. The highest BCUT2D eigenvalue weighted by Crippen LogP contribution is 2.24. The van der Waals surface area contributed by atoms with Crippen LogP contribution >= 0.6 is 15.9 Å². The van der Waals surface area contributed by atoms with E-state index >= 15 is 0 Å². The molecule has 0 aliphatic heterocycles. The predicted octanol–water partition coefficient (Wildman–Crippen LogP) is 3.84. The predicted molar refractivity (Wildman–Crippen MR) is 71.2 cm³/mol. The maximum Gasteiger partial charge on any atom is 0.188 e. The summed E-state index contributed by atoms with van der Waals surface area (Å²) in [4.78, 5) is 11.8. The molecule has 0 heterocycles. The van der Waals surface area contributed by atoms with Gasteiger partial charge in [-0.2, -0.15) is 0 Å². The van der Waals surface area contributed by atoms with Crippen LogP contribution in [0.1, 0.15) is 36.0 Å². The molecule has 92 valence electrons. The Hall–Kier alpha value is -0.670. The van der Waals surface area contributed by atoms with Gasteiger partial charge in [0.15, 0.2) is 5.78 Å². The van der Waals surface area contributed by atoms with Crippen LogP contribution in [0.2, 0.25) is 0 Å². The van der Waals surface area contributed by atoms with E-state index in [0.717, 1.165) is 11.1 Å². The molecule has 0 atom stereocenters. The third-order valence-corrected chi connectivity index (χ3v) is 3.70. The van der Waals surface area contributed by atoms with E-state index in [-0.39, 0.29) is 12.4 Å². The summed E-state index contributed by atoms with van der Waals surface area (Å²) in [5, 5.41) is 0. The molecular weight excluding hydrogens is 280 g/mol. The Kier molecular flexibility index (Phi) is 4.75. The lowest BCUT2D eigenvalue weighted by Crippen LogP contribution is -2.13. The topological polar surface area (TPSA) is 26.3 Å². The summed E-state index contributed by atoms with van der Waals surface area (Å²) in [6.45, 7) is 0.937. The normalized spacial score (nSPS) is 16.3. The number of Topliss-reactive ketones (excluding diaryl/α,β-unsaturated/α-hetero) is 1. The highest BCUT2D eigenvalue weighted by Gasteiger charge is 2.15. The van der Waals surface area contributed by atoms with E-state index in [2.05, 4.69) is 15.9 Å². The van der Waals surface area contributed by atoms with Gasteiger partial charge in [0.2, 0.25) is 0 Å². The molecule has 1 aromatic rings. The highest BCUT2D eigenvalue weighted by molar-refractivity contribution is 9.10. The zero-order valence-corrected chi connectivity index (χ0v) is 11.4. The van der Waals surface area contributed by atoms with Crippen LogP contribution < -0.4 is 0 Å². The molecule has 3 heteroatoms. The number of rotatable bonds is 5. The van der Waals surface area contributed by atoms with E-state index in [1.165, 1.54) is 25.7 Å². The molecule has 0 saturated heterocycles. The molecular formula is C14H17BrO2. The average Bonchev–Trinajstić information content (AvgIpc) is 2.82. The van der Waals surface area contributed by atoms with Crippen molar-refractivity contribution in [3.63, 3.8) is 0 Å². The minimum Gasteiger partial charge on any atom is -0.373 e. The van der Waals surface area contributed by atoms with Gasteiger partial charge in [-0.15, -0.1) is 0 Å². The molecule has 0 unspecified atom stereocenters. The van der Waals surface area contributed by atoms with Crippen LogP contribution in [0.15, 0.2) is 28.7 Å². The summed E-state index contributed by atoms with van der Waals surface area (Å²) in [7, 11) is 0. The smallest absolute Gasteiger partial charge is 0.188 e. The Balaban J connectivity index is 1.77. The molecule has 0 spiro atoms. The van der Waals surface area contributed by atoms with Gasteiger partial charge in [0, 0.05) is 10.0 Å². The van der Waals surface area contributed by atoms with Crippen LogP contribution in [0, 0.1) is 5.92 Å². The minimum absolute atomic E-state index is 0.0595. The molecule has 1 aliphatic carbocycles. The molecule has 0 bridgehead atoms. The van der Waals surface area contributed by atoms with Crippen molar-refractivity contribution in [1.29, 1.82) is 0 Å². The first kappa shape index (κ1) is 12.8. The van der Waals surface area contributed by atoms with Crippen LogP contribution in [0.4, 0.5) is 0 Å². The van der Waals surface area contributed by atoms with Crippen molar-refractivity contribution in [3.8, 4) is 0 Å². The van der Waals surface area contributed by atoms with Gasteiger partial charge < -0.3 is 4.74 Å². The average molecular weight is 297 g/mol. The van der Waals surface area contributed by atoms with E-state index < -0.39 is 0 Å². The van der Waals surface area contributed by atoms with Gasteiger partial charge >= 0.3 is 0 Å². The van der Waals surface area contributed by atoms with Crippen LogP contribution in [0.5, 0.6) is 0 Å². The van der Waals surface area contributed by atoms with Gasteiger partial charge in [0.1, 0.15) is 6.61 Å². The van der Waals surface area contributed by atoms with Gasteiger partial charge in [-0.3, -0.25) is 4.79 Å². The number of halogens is 1. The number of hydrogen-bond acceptors (Lipinski definition) is 2. The van der Waals surface area contributed by atoms with Crippen molar-refractivity contribution in [2.75, 3.05) is 13.2 Å². The van der Waals surface area contributed by atoms with Gasteiger partial charge in [0.05, 0.1) is 6.61 Å². The lowest BCUT2D eigenvalue weighted by molar-refractivity contribution is 0.0681. The summed E-state index contributed by atoms with van der Waals surface area (Å²) in [6, 6.07) is 7.44. The van der Waals surface area contributed by atoms with Crippen LogP contribution in [0.3, 0.4) is 0 Å². The van der Waals surface area contributed by atoms with Gasteiger partial charge in [-0.25, -0.2) is 0 Å². The number of carbonyl (C=O) groups is 1. The van der Waals surface area contributed by atoms with Crippen molar-refractivity contribution >= 4 is 21.7 Å². The Morgan fingerprint density at radius 2 is 2.12 bits per heavy atom. The number of ketones is 1. The lowest BCUT2D eigenvalue weighted by atomic mass is 10.1. The van der Waals surface area contributed by atoms with E-state index in [4.69, 9.17) is 4.74 Å². The van der Waals surface area contributed by atoms with Gasteiger partial charge in [-0.1, -0.05) is 40.9 Å². The van der Waals surface area contributed by atoms with Gasteiger partial charge in [-0.05, 0) is 30.9 Å². The summed E-state index contributed by atoms with van der Waals surface area (Å²) < 4.78 is 6.44. The van der Waals surface area contributed by atoms with E-state index in [1.807, 2.05) is 24.3 Å². The summed E-state index contributed by atoms with van der Waals surface area (Å²) in [5.74, 6) is 0.731. The van der Waals surface area contributed by atoms with E-state index in [0.29, 0.717) is 11.5 Å². The maximum atomic E-state index is 11.8. The van der Waals surface area contributed by atoms with E-state index in [1.54, 1.807) is 0 Å². The molecule has 0 N–H and O–H groups in total. The van der Waals surface area contributed by atoms with Crippen molar-refractivity contribution in [3.05, 3.63) is 34.3 Å². The fourth-order valence-corrected chi connectivity index (χ4v) is 2.64. The third-order valence-electron chi connectivity index (χ3n) is 3.21. The minimum atomic E-state index is 0.0595. The zero-order valence-electron chi connectivity index (χ0n) is 9.82. The number of ether oxygens (including phenoxy) is 1.